The molecule has 1 fully saturated rings. The molecule has 0 aliphatic carbocycles. The van der Waals surface area contributed by atoms with Crippen LogP contribution in [0, 0.1) is 11.7 Å². The van der Waals surface area contributed by atoms with E-state index in [1.165, 1.54) is 12.1 Å². The van der Waals surface area contributed by atoms with Crippen LogP contribution < -0.4 is 5.73 Å². The van der Waals surface area contributed by atoms with E-state index in [9.17, 15) is 9.18 Å². The van der Waals surface area contributed by atoms with Crippen LogP contribution in [0.5, 0.6) is 0 Å². The minimum atomic E-state index is -0.267. The maximum Gasteiger partial charge on any atom is 0.225 e. The summed E-state index contributed by atoms with van der Waals surface area (Å²) in [7, 11) is 1.56. The number of amides is 1. The van der Waals surface area contributed by atoms with Crippen LogP contribution in [0.2, 0.25) is 0 Å². The first-order valence-electron chi connectivity index (χ1n) is 7.33. The zero-order chi connectivity index (χ0) is 15.4. The number of nitrogens with two attached hydrogens (primary N) is 1. The molecule has 3 unspecified atom stereocenters. The third kappa shape index (κ3) is 3.80. The molecule has 2 N–H and O–H groups in total. The second-order valence-corrected chi connectivity index (χ2v) is 5.76. The van der Waals surface area contributed by atoms with Crippen LogP contribution >= 0.6 is 0 Å². The minimum absolute atomic E-state index is 0.0194. The summed E-state index contributed by atoms with van der Waals surface area (Å²) >= 11 is 0. The SMILES string of the molecule is COC(CN)CC(=O)N1CC(C)CC1c1cccc(F)c1. The smallest absolute Gasteiger partial charge is 0.225 e. The lowest BCUT2D eigenvalue weighted by molar-refractivity contribution is -0.134. The Morgan fingerprint density at radius 2 is 2.33 bits per heavy atom. The largest absolute Gasteiger partial charge is 0.380 e. The van der Waals surface area contributed by atoms with Crippen LogP contribution in [-0.4, -0.2) is 37.1 Å². The highest BCUT2D eigenvalue weighted by atomic mass is 19.1. The Bertz CT molecular complexity index is 491. The molecule has 1 aliphatic rings. The van der Waals surface area contributed by atoms with Gasteiger partial charge in [-0.1, -0.05) is 19.1 Å². The highest BCUT2D eigenvalue weighted by molar-refractivity contribution is 5.77. The second-order valence-electron chi connectivity index (χ2n) is 5.76. The summed E-state index contributed by atoms with van der Waals surface area (Å²) < 4.78 is 18.6. The summed E-state index contributed by atoms with van der Waals surface area (Å²) in [4.78, 5) is 14.3. The van der Waals surface area contributed by atoms with E-state index in [-0.39, 0.29) is 30.3 Å². The summed E-state index contributed by atoms with van der Waals surface area (Å²) in [5.41, 5.74) is 6.43. The molecule has 3 atom stereocenters. The van der Waals surface area contributed by atoms with Gasteiger partial charge in [-0.2, -0.15) is 0 Å². The molecule has 1 aromatic rings. The molecule has 1 heterocycles. The van der Waals surface area contributed by atoms with Gasteiger partial charge in [-0.25, -0.2) is 4.39 Å². The van der Waals surface area contributed by atoms with Crippen molar-refractivity contribution in [3.05, 3.63) is 35.6 Å². The number of hydrogen-bond donors (Lipinski definition) is 1. The third-order valence-corrected chi connectivity index (χ3v) is 4.06. The van der Waals surface area contributed by atoms with Crippen molar-refractivity contribution in [3.63, 3.8) is 0 Å². The summed E-state index contributed by atoms with van der Waals surface area (Å²) in [5, 5.41) is 0. The minimum Gasteiger partial charge on any atom is -0.380 e. The van der Waals surface area contributed by atoms with Crippen LogP contribution in [0.1, 0.15) is 31.4 Å². The zero-order valence-corrected chi connectivity index (χ0v) is 12.6. The van der Waals surface area contributed by atoms with Gasteiger partial charge in [-0.05, 0) is 30.0 Å². The van der Waals surface area contributed by atoms with E-state index in [1.807, 2.05) is 11.0 Å². The van der Waals surface area contributed by atoms with E-state index in [4.69, 9.17) is 10.5 Å². The Morgan fingerprint density at radius 1 is 1.57 bits per heavy atom. The fourth-order valence-electron chi connectivity index (χ4n) is 2.93. The maximum atomic E-state index is 13.4. The summed E-state index contributed by atoms with van der Waals surface area (Å²) in [6.07, 6.45) is 0.864. The molecule has 0 bridgehead atoms. The number of rotatable bonds is 5. The highest BCUT2D eigenvalue weighted by Gasteiger charge is 2.34. The normalized spacial score (nSPS) is 23.3. The van der Waals surface area contributed by atoms with E-state index in [1.54, 1.807) is 13.2 Å². The topological polar surface area (TPSA) is 55.6 Å². The van der Waals surface area contributed by atoms with E-state index in [0.29, 0.717) is 19.0 Å². The van der Waals surface area contributed by atoms with Gasteiger partial charge in [0, 0.05) is 20.2 Å². The lowest BCUT2D eigenvalue weighted by Gasteiger charge is -2.26. The maximum absolute atomic E-state index is 13.4. The molecule has 0 spiro atoms. The molecule has 5 heteroatoms. The fourth-order valence-corrected chi connectivity index (χ4v) is 2.93. The van der Waals surface area contributed by atoms with Gasteiger partial charge >= 0.3 is 0 Å². The van der Waals surface area contributed by atoms with E-state index >= 15 is 0 Å². The number of halogens is 1. The van der Waals surface area contributed by atoms with Gasteiger partial charge in [0.25, 0.3) is 0 Å². The third-order valence-electron chi connectivity index (χ3n) is 4.06. The van der Waals surface area contributed by atoms with Gasteiger partial charge < -0.3 is 15.4 Å². The Balaban J connectivity index is 2.15. The predicted octanol–water partition coefficient (Wildman–Crippen LogP) is 2.10. The average Bonchev–Trinajstić information content (AvgIpc) is 2.86. The molecule has 1 saturated heterocycles. The molecule has 21 heavy (non-hydrogen) atoms. The molecule has 4 nitrogen and oxygen atoms in total. The van der Waals surface area contributed by atoms with Crippen LogP contribution in [0.15, 0.2) is 24.3 Å². The Hall–Kier alpha value is -1.46. The van der Waals surface area contributed by atoms with Gasteiger partial charge in [0.05, 0.1) is 18.6 Å². The first-order valence-corrected chi connectivity index (χ1v) is 7.33. The lowest BCUT2D eigenvalue weighted by Crippen LogP contribution is -2.36. The molecule has 0 radical (unpaired) electrons. The Morgan fingerprint density at radius 3 is 2.95 bits per heavy atom. The zero-order valence-electron chi connectivity index (χ0n) is 12.6. The Kier molecular flexibility index (Phi) is 5.31. The van der Waals surface area contributed by atoms with Crippen molar-refractivity contribution >= 4 is 5.91 Å². The molecule has 116 valence electrons. The van der Waals surface area contributed by atoms with Crippen molar-refractivity contribution in [3.8, 4) is 0 Å². The molecule has 0 aromatic heterocycles. The number of hydrogen-bond acceptors (Lipinski definition) is 3. The number of nitrogens with zero attached hydrogens (tertiary/aromatic N) is 1. The summed E-state index contributed by atoms with van der Waals surface area (Å²) in [5.74, 6) is 0.156. The van der Waals surface area contributed by atoms with Gasteiger partial charge in [0.1, 0.15) is 5.82 Å². The number of likely N-dealkylation sites (tertiary alicyclic amines) is 1. The van der Waals surface area contributed by atoms with Crippen LogP contribution in [0.4, 0.5) is 4.39 Å². The summed E-state index contributed by atoms with van der Waals surface area (Å²) in [6, 6.07) is 6.44. The van der Waals surface area contributed by atoms with Crippen molar-refractivity contribution < 1.29 is 13.9 Å². The first kappa shape index (κ1) is 15.9. The van der Waals surface area contributed by atoms with E-state index < -0.39 is 0 Å². The number of carbonyl (C=O) groups is 1. The standard InChI is InChI=1S/C16H23FN2O2/c1-11-6-15(12-4-3-5-13(17)7-12)19(10-11)16(20)8-14(9-18)21-2/h3-5,7,11,14-15H,6,8-10,18H2,1-2H3. The van der Waals surface area contributed by atoms with Crippen molar-refractivity contribution in [1.82, 2.24) is 4.90 Å². The molecular formula is C16H23FN2O2. The fraction of sp³-hybridized carbons (Fsp3) is 0.562. The van der Waals surface area contributed by atoms with Gasteiger partial charge in [0.15, 0.2) is 0 Å². The molecule has 1 aromatic carbocycles. The monoisotopic (exact) mass is 294 g/mol. The van der Waals surface area contributed by atoms with Crippen molar-refractivity contribution in [2.45, 2.75) is 31.9 Å². The van der Waals surface area contributed by atoms with Gasteiger partial charge in [0.2, 0.25) is 5.91 Å². The number of ether oxygens (including phenoxy) is 1. The van der Waals surface area contributed by atoms with Crippen molar-refractivity contribution in [2.24, 2.45) is 11.7 Å². The average molecular weight is 294 g/mol. The predicted molar refractivity (Wildman–Crippen MR) is 79.1 cm³/mol. The first-order chi connectivity index (χ1) is 10.0. The summed E-state index contributed by atoms with van der Waals surface area (Å²) in [6.45, 7) is 3.12. The van der Waals surface area contributed by atoms with Gasteiger partial charge in [-0.3, -0.25) is 4.79 Å². The Labute approximate surface area is 125 Å². The van der Waals surface area contributed by atoms with Gasteiger partial charge in [-0.15, -0.1) is 0 Å². The number of methoxy groups -OCH3 is 1. The van der Waals surface area contributed by atoms with Crippen LogP contribution in [-0.2, 0) is 9.53 Å². The molecule has 1 amide bonds. The molecular weight excluding hydrogens is 271 g/mol. The van der Waals surface area contributed by atoms with E-state index in [0.717, 1.165) is 12.0 Å². The second kappa shape index (κ2) is 7.00. The number of benzene rings is 1. The molecule has 2 rings (SSSR count). The molecule has 0 saturated carbocycles. The lowest BCUT2D eigenvalue weighted by atomic mass is 10.0. The van der Waals surface area contributed by atoms with Crippen LogP contribution in [0.3, 0.4) is 0 Å². The quantitative estimate of drug-likeness (QED) is 0.905. The highest BCUT2D eigenvalue weighted by Crippen LogP contribution is 2.36. The molecule has 1 aliphatic heterocycles. The van der Waals surface area contributed by atoms with Crippen molar-refractivity contribution in [2.75, 3.05) is 20.2 Å². The van der Waals surface area contributed by atoms with E-state index in [2.05, 4.69) is 6.92 Å². The van der Waals surface area contributed by atoms with Crippen LogP contribution in [0.25, 0.3) is 0 Å². The number of carbonyl (C=O) groups excluding carboxylic acids is 1. The van der Waals surface area contributed by atoms with Crippen molar-refractivity contribution in [1.29, 1.82) is 0 Å².